The van der Waals surface area contributed by atoms with Crippen molar-refractivity contribution in [3.8, 4) is 0 Å². The first kappa shape index (κ1) is 13.9. The van der Waals surface area contributed by atoms with Gasteiger partial charge in [0.25, 0.3) is 0 Å². The van der Waals surface area contributed by atoms with Gasteiger partial charge in [-0.25, -0.2) is 8.78 Å². The summed E-state index contributed by atoms with van der Waals surface area (Å²) >= 11 is 5.80. The van der Waals surface area contributed by atoms with E-state index in [-0.39, 0.29) is 22.0 Å². The van der Waals surface area contributed by atoms with Crippen LogP contribution in [0.25, 0.3) is 10.4 Å². The number of hydrogen-bond acceptors (Lipinski definition) is 3. The van der Waals surface area contributed by atoms with Crippen LogP contribution in [-0.4, -0.2) is 11.2 Å². The molecule has 1 heterocycles. The molecular formula is C12H6ClF2N5. The minimum Gasteiger partial charge on any atom is -0.261 e. The molecule has 0 bridgehead atoms. The number of pyridine rings is 1. The van der Waals surface area contributed by atoms with E-state index in [0.717, 1.165) is 12.4 Å². The maximum absolute atomic E-state index is 13.5. The number of nitrogens with zero attached hydrogens (tertiary/aromatic N) is 5. The van der Waals surface area contributed by atoms with Crippen molar-refractivity contribution in [3.05, 3.63) is 63.3 Å². The quantitative estimate of drug-likeness (QED) is 0.349. The molecule has 1 aromatic carbocycles. The van der Waals surface area contributed by atoms with Gasteiger partial charge in [-0.15, -0.1) is 0 Å². The molecule has 2 rings (SSSR count). The predicted molar refractivity (Wildman–Crippen MR) is 71.7 cm³/mol. The summed E-state index contributed by atoms with van der Waals surface area (Å²) in [4.78, 5) is 9.96. The zero-order chi connectivity index (χ0) is 14.5. The number of aliphatic imine (C=N–C) groups is 1. The van der Waals surface area contributed by atoms with Crippen molar-refractivity contribution < 1.29 is 8.78 Å². The summed E-state index contributed by atoms with van der Waals surface area (Å²) in [5, 5.41) is 3.32. The van der Waals surface area contributed by atoms with E-state index in [0.29, 0.717) is 0 Å². The predicted octanol–water partition coefficient (Wildman–Crippen LogP) is 4.71. The van der Waals surface area contributed by atoms with Crippen LogP contribution in [0.1, 0.15) is 5.56 Å². The highest BCUT2D eigenvalue weighted by molar-refractivity contribution is 6.33. The van der Waals surface area contributed by atoms with Crippen LogP contribution >= 0.6 is 11.6 Å². The Morgan fingerprint density at radius 1 is 1.20 bits per heavy atom. The minimum atomic E-state index is -0.800. The lowest BCUT2D eigenvalue weighted by Gasteiger charge is -2.01. The molecule has 0 saturated heterocycles. The van der Waals surface area contributed by atoms with Gasteiger partial charge >= 0.3 is 0 Å². The molecule has 0 N–H and O–H groups in total. The first-order chi connectivity index (χ1) is 9.63. The number of hydrogen-bond donors (Lipinski definition) is 0. The number of azide groups is 1. The zero-order valence-corrected chi connectivity index (χ0v) is 10.6. The zero-order valence-electron chi connectivity index (χ0n) is 9.83. The molecule has 20 heavy (non-hydrogen) atoms. The number of para-hydroxylation sites is 1. The number of benzene rings is 1. The third-order valence-corrected chi connectivity index (χ3v) is 2.62. The second-order valence-corrected chi connectivity index (χ2v) is 3.98. The van der Waals surface area contributed by atoms with Gasteiger partial charge in [-0.05, 0) is 17.7 Å². The molecule has 0 unspecified atom stereocenters. The third kappa shape index (κ3) is 2.90. The number of halogens is 3. The van der Waals surface area contributed by atoms with Crippen molar-refractivity contribution in [1.82, 2.24) is 4.98 Å². The number of rotatable bonds is 3. The summed E-state index contributed by atoms with van der Waals surface area (Å²) in [6.07, 6.45) is 3.27. The van der Waals surface area contributed by atoms with Gasteiger partial charge in [0.15, 0.2) is 5.82 Å². The lowest BCUT2D eigenvalue weighted by Crippen LogP contribution is -1.89. The smallest absolute Gasteiger partial charge is 0.151 e. The number of aromatic nitrogens is 1. The van der Waals surface area contributed by atoms with Gasteiger partial charge in [-0.3, -0.25) is 9.98 Å². The van der Waals surface area contributed by atoms with Crippen LogP contribution < -0.4 is 0 Å². The highest BCUT2D eigenvalue weighted by atomic mass is 35.5. The minimum absolute atomic E-state index is 0.0923. The fraction of sp³-hybridized carbons (Fsp3) is 0. The Bertz CT molecular complexity index is 706. The van der Waals surface area contributed by atoms with Gasteiger partial charge in [0.05, 0.1) is 16.9 Å². The molecule has 2 aromatic rings. The van der Waals surface area contributed by atoms with E-state index < -0.39 is 11.6 Å². The Hall–Kier alpha value is -2.50. The summed E-state index contributed by atoms with van der Waals surface area (Å²) in [6.45, 7) is 0. The summed E-state index contributed by atoms with van der Waals surface area (Å²) in [5.74, 6) is -1.42. The second kappa shape index (κ2) is 6.10. The van der Waals surface area contributed by atoms with Crippen molar-refractivity contribution in [2.45, 2.75) is 0 Å². The molecule has 1 aromatic heterocycles. The summed E-state index contributed by atoms with van der Waals surface area (Å²) in [6, 6.07) is 4.10. The maximum atomic E-state index is 13.5. The van der Waals surface area contributed by atoms with Crippen LogP contribution in [0.4, 0.5) is 20.2 Å². The highest BCUT2D eigenvalue weighted by Gasteiger charge is 2.07. The van der Waals surface area contributed by atoms with Gasteiger partial charge in [0.2, 0.25) is 0 Å². The second-order valence-electron chi connectivity index (χ2n) is 3.58. The molecule has 5 nitrogen and oxygen atoms in total. The van der Waals surface area contributed by atoms with Crippen LogP contribution in [0.3, 0.4) is 0 Å². The van der Waals surface area contributed by atoms with Crippen LogP contribution in [0, 0.1) is 11.6 Å². The van der Waals surface area contributed by atoms with E-state index in [1.807, 2.05) is 0 Å². The van der Waals surface area contributed by atoms with E-state index in [1.165, 1.54) is 24.4 Å². The topological polar surface area (TPSA) is 74.0 Å². The third-order valence-electron chi connectivity index (χ3n) is 2.32. The van der Waals surface area contributed by atoms with Gasteiger partial charge in [-0.2, -0.15) is 0 Å². The van der Waals surface area contributed by atoms with Crippen LogP contribution in [0.2, 0.25) is 5.02 Å². The Kier molecular flexibility index (Phi) is 4.24. The molecule has 0 aliphatic carbocycles. The molecule has 0 fully saturated rings. The van der Waals surface area contributed by atoms with Gasteiger partial charge in [0.1, 0.15) is 11.5 Å². The first-order valence-electron chi connectivity index (χ1n) is 5.30. The summed E-state index contributed by atoms with van der Waals surface area (Å²) in [7, 11) is 0. The Morgan fingerprint density at radius 2 is 2.00 bits per heavy atom. The van der Waals surface area contributed by atoms with Gasteiger partial charge in [0, 0.05) is 22.9 Å². The fourth-order valence-electron chi connectivity index (χ4n) is 1.43. The average Bonchev–Trinajstić information content (AvgIpc) is 2.42. The van der Waals surface area contributed by atoms with Crippen molar-refractivity contribution in [1.29, 1.82) is 0 Å². The molecule has 0 radical (unpaired) electrons. The standard InChI is InChI=1S/C12H6ClF2N5/c13-8-2-1-3-9(14)12(8)18-5-7-4-17-6-10(15)11(7)19-20-16/h1-6H. The highest BCUT2D eigenvalue weighted by Crippen LogP contribution is 2.28. The average molecular weight is 294 g/mol. The van der Waals surface area contributed by atoms with Crippen LogP contribution in [0.15, 0.2) is 40.7 Å². The maximum Gasteiger partial charge on any atom is 0.151 e. The SMILES string of the molecule is [N-]=[N+]=Nc1c(F)cncc1C=Nc1c(F)cccc1Cl. The molecule has 0 atom stereocenters. The molecule has 8 heteroatoms. The van der Waals surface area contributed by atoms with Crippen molar-refractivity contribution in [2.24, 2.45) is 10.1 Å². The van der Waals surface area contributed by atoms with E-state index in [2.05, 4.69) is 20.0 Å². The van der Waals surface area contributed by atoms with Crippen molar-refractivity contribution >= 4 is 29.2 Å². The summed E-state index contributed by atoms with van der Waals surface area (Å²) < 4.78 is 26.9. The van der Waals surface area contributed by atoms with E-state index in [4.69, 9.17) is 17.1 Å². The van der Waals surface area contributed by atoms with E-state index in [9.17, 15) is 8.78 Å². The van der Waals surface area contributed by atoms with E-state index >= 15 is 0 Å². The fourth-order valence-corrected chi connectivity index (χ4v) is 1.65. The van der Waals surface area contributed by atoms with Crippen molar-refractivity contribution in [3.63, 3.8) is 0 Å². The lowest BCUT2D eigenvalue weighted by atomic mass is 10.2. The molecule has 0 amide bonds. The molecule has 0 aliphatic heterocycles. The Labute approximate surface area is 117 Å². The lowest BCUT2D eigenvalue weighted by molar-refractivity contribution is 0.623. The van der Waals surface area contributed by atoms with Crippen LogP contribution in [-0.2, 0) is 0 Å². The first-order valence-corrected chi connectivity index (χ1v) is 5.68. The van der Waals surface area contributed by atoms with Crippen LogP contribution in [0.5, 0.6) is 0 Å². The summed E-state index contributed by atoms with van der Waals surface area (Å²) in [5.41, 5.74) is 8.14. The molecular weight excluding hydrogens is 288 g/mol. The van der Waals surface area contributed by atoms with Gasteiger partial charge in [-0.1, -0.05) is 22.8 Å². The Morgan fingerprint density at radius 3 is 2.70 bits per heavy atom. The van der Waals surface area contributed by atoms with E-state index in [1.54, 1.807) is 0 Å². The largest absolute Gasteiger partial charge is 0.261 e. The normalized spacial score (nSPS) is 10.6. The van der Waals surface area contributed by atoms with Gasteiger partial charge < -0.3 is 0 Å². The molecule has 0 aliphatic rings. The molecule has 0 spiro atoms. The van der Waals surface area contributed by atoms with Crippen molar-refractivity contribution in [2.75, 3.05) is 0 Å². The molecule has 100 valence electrons. The Balaban J connectivity index is 2.47. The molecule has 0 saturated carbocycles. The monoisotopic (exact) mass is 293 g/mol.